The SMILES string of the molecule is CN(c1cccc(Cl)c1)S(=O)(=O)c1cccc(C(=O)OCC(=O)Nc2ccon2)c1. The molecule has 0 saturated heterocycles. The van der Waals surface area contributed by atoms with Crippen LogP contribution in [0.3, 0.4) is 0 Å². The van der Waals surface area contributed by atoms with Crippen molar-refractivity contribution >= 4 is 45.0 Å². The fourth-order valence-electron chi connectivity index (χ4n) is 2.42. The van der Waals surface area contributed by atoms with Crippen molar-refractivity contribution in [1.29, 1.82) is 0 Å². The predicted molar refractivity (Wildman–Crippen MR) is 109 cm³/mol. The molecular formula is C19H16ClN3O6S. The number of hydrogen-bond donors (Lipinski definition) is 1. The van der Waals surface area contributed by atoms with Crippen LogP contribution in [0.4, 0.5) is 11.5 Å². The summed E-state index contributed by atoms with van der Waals surface area (Å²) in [5, 5.41) is 6.25. The Morgan fingerprint density at radius 3 is 2.63 bits per heavy atom. The van der Waals surface area contributed by atoms with Gasteiger partial charge in [-0.1, -0.05) is 28.9 Å². The maximum absolute atomic E-state index is 12.9. The van der Waals surface area contributed by atoms with Crippen LogP contribution in [-0.4, -0.2) is 39.1 Å². The number of carbonyl (C=O) groups is 2. The van der Waals surface area contributed by atoms with Gasteiger partial charge in [0, 0.05) is 18.1 Å². The summed E-state index contributed by atoms with van der Waals surface area (Å²) >= 11 is 5.93. The molecule has 2 aromatic carbocycles. The molecule has 0 spiro atoms. The average Bonchev–Trinajstić information content (AvgIpc) is 3.24. The number of benzene rings is 2. The van der Waals surface area contributed by atoms with E-state index in [1.54, 1.807) is 18.2 Å². The molecule has 3 aromatic rings. The number of ether oxygens (including phenoxy) is 1. The van der Waals surface area contributed by atoms with Crippen LogP contribution in [0.5, 0.6) is 0 Å². The van der Waals surface area contributed by atoms with E-state index in [4.69, 9.17) is 16.3 Å². The summed E-state index contributed by atoms with van der Waals surface area (Å²) < 4.78 is 36.4. The molecule has 0 aliphatic carbocycles. The van der Waals surface area contributed by atoms with E-state index in [2.05, 4.69) is 15.0 Å². The summed E-state index contributed by atoms with van der Waals surface area (Å²) in [6.07, 6.45) is 1.27. The fraction of sp³-hybridized carbons (Fsp3) is 0.105. The summed E-state index contributed by atoms with van der Waals surface area (Å²) in [6, 6.07) is 13.1. The Labute approximate surface area is 177 Å². The molecule has 11 heteroatoms. The molecule has 0 bridgehead atoms. The van der Waals surface area contributed by atoms with Gasteiger partial charge < -0.3 is 14.6 Å². The van der Waals surface area contributed by atoms with Crippen molar-refractivity contribution in [3.05, 3.63) is 71.4 Å². The Kier molecular flexibility index (Phi) is 6.38. The Bertz CT molecular complexity index is 1160. The molecule has 0 fully saturated rings. The van der Waals surface area contributed by atoms with Gasteiger partial charge in [-0.15, -0.1) is 0 Å². The first-order valence-corrected chi connectivity index (χ1v) is 10.3. The molecule has 0 saturated carbocycles. The molecule has 0 radical (unpaired) electrons. The van der Waals surface area contributed by atoms with Gasteiger partial charge in [0.15, 0.2) is 12.4 Å². The number of halogens is 1. The second-order valence-electron chi connectivity index (χ2n) is 5.99. The molecular weight excluding hydrogens is 434 g/mol. The van der Waals surface area contributed by atoms with E-state index in [9.17, 15) is 18.0 Å². The molecule has 1 aromatic heterocycles. The van der Waals surface area contributed by atoms with Crippen LogP contribution < -0.4 is 9.62 Å². The summed E-state index contributed by atoms with van der Waals surface area (Å²) in [5.74, 6) is -1.30. The van der Waals surface area contributed by atoms with Crippen LogP contribution in [0.2, 0.25) is 5.02 Å². The van der Waals surface area contributed by atoms with E-state index in [0.717, 1.165) is 4.31 Å². The normalized spacial score (nSPS) is 11.0. The topological polar surface area (TPSA) is 119 Å². The van der Waals surface area contributed by atoms with E-state index >= 15 is 0 Å². The minimum absolute atomic E-state index is 0.0233. The zero-order valence-corrected chi connectivity index (χ0v) is 17.2. The van der Waals surface area contributed by atoms with Crippen molar-refractivity contribution < 1.29 is 27.3 Å². The van der Waals surface area contributed by atoms with Crippen LogP contribution in [0.15, 0.2) is 70.3 Å². The highest BCUT2D eigenvalue weighted by Crippen LogP contribution is 2.25. The second-order valence-corrected chi connectivity index (χ2v) is 8.39. The van der Waals surface area contributed by atoms with Crippen molar-refractivity contribution in [3.63, 3.8) is 0 Å². The third-order valence-electron chi connectivity index (χ3n) is 3.94. The summed E-state index contributed by atoms with van der Waals surface area (Å²) in [6.45, 7) is -0.578. The number of anilines is 2. The summed E-state index contributed by atoms with van der Waals surface area (Å²) in [4.78, 5) is 23.9. The number of aromatic nitrogens is 1. The fourth-order valence-corrected chi connectivity index (χ4v) is 3.84. The van der Waals surface area contributed by atoms with Crippen LogP contribution in [0.1, 0.15) is 10.4 Å². The first-order chi connectivity index (χ1) is 14.3. The van der Waals surface area contributed by atoms with Gasteiger partial charge in [0.25, 0.3) is 15.9 Å². The molecule has 30 heavy (non-hydrogen) atoms. The number of nitrogens with one attached hydrogen (secondary N) is 1. The van der Waals surface area contributed by atoms with Crippen molar-refractivity contribution in [1.82, 2.24) is 5.16 Å². The third-order valence-corrected chi connectivity index (χ3v) is 5.96. The van der Waals surface area contributed by atoms with Crippen molar-refractivity contribution in [3.8, 4) is 0 Å². The molecule has 0 unspecified atom stereocenters. The third kappa shape index (κ3) is 4.97. The first-order valence-electron chi connectivity index (χ1n) is 8.49. The largest absolute Gasteiger partial charge is 0.452 e. The van der Waals surface area contributed by atoms with Gasteiger partial charge in [0.1, 0.15) is 6.26 Å². The summed E-state index contributed by atoms with van der Waals surface area (Å²) in [5.41, 5.74) is 0.338. The monoisotopic (exact) mass is 449 g/mol. The van der Waals surface area contributed by atoms with E-state index in [0.29, 0.717) is 10.7 Å². The predicted octanol–water partition coefficient (Wildman–Crippen LogP) is 2.95. The minimum Gasteiger partial charge on any atom is -0.452 e. The highest BCUT2D eigenvalue weighted by Gasteiger charge is 2.23. The lowest BCUT2D eigenvalue weighted by Gasteiger charge is -2.20. The highest BCUT2D eigenvalue weighted by atomic mass is 35.5. The van der Waals surface area contributed by atoms with Crippen LogP contribution in [-0.2, 0) is 19.6 Å². The van der Waals surface area contributed by atoms with E-state index < -0.39 is 28.5 Å². The van der Waals surface area contributed by atoms with Gasteiger partial charge >= 0.3 is 5.97 Å². The Morgan fingerprint density at radius 1 is 1.17 bits per heavy atom. The maximum atomic E-state index is 12.9. The molecule has 0 aliphatic rings. The van der Waals surface area contributed by atoms with Crippen LogP contribution >= 0.6 is 11.6 Å². The average molecular weight is 450 g/mol. The second kappa shape index (κ2) is 8.97. The lowest BCUT2D eigenvalue weighted by atomic mass is 10.2. The number of amides is 1. The smallest absolute Gasteiger partial charge is 0.338 e. The standard InChI is InChI=1S/C19H16ClN3O6S/c1-23(15-6-3-5-14(20)11-15)30(26,27)16-7-2-4-13(10-16)19(25)28-12-18(24)21-17-8-9-29-22-17/h2-11H,12H2,1H3,(H,21,22,24). The number of rotatable bonds is 7. The Balaban J connectivity index is 1.71. The van der Waals surface area contributed by atoms with E-state index in [1.807, 2.05) is 0 Å². The number of esters is 1. The van der Waals surface area contributed by atoms with Gasteiger partial charge in [-0.3, -0.25) is 9.10 Å². The molecule has 1 N–H and O–H groups in total. The van der Waals surface area contributed by atoms with Gasteiger partial charge in [-0.2, -0.15) is 0 Å². The van der Waals surface area contributed by atoms with Crippen molar-refractivity contribution in [2.75, 3.05) is 23.3 Å². The van der Waals surface area contributed by atoms with Crippen molar-refractivity contribution in [2.45, 2.75) is 4.90 Å². The zero-order chi connectivity index (χ0) is 21.7. The number of carbonyl (C=O) groups excluding carboxylic acids is 2. The Hall–Kier alpha value is -3.37. The number of sulfonamides is 1. The quantitative estimate of drug-likeness (QED) is 0.550. The first kappa shape index (κ1) is 21.3. The lowest BCUT2D eigenvalue weighted by molar-refractivity contribution is -0.119. The van der Waals surface area contributed by atoms with Crippen LogP contribution in [0, 0.1) is 0 Å². The summed E-state index contributed by atoms with van der Waals surface area (Å²) in [7, 11) is -2.59. The highest BCUT2D eigenvalue weighted by molar-refractivity contribution is 7.92. The van der Waals surface area contributed by atoms with Gasteiger partial charge in [0.2, 0.25) is 0 Å². The molecule has 156 valence electrons. The number of nitrogens with zero attached hydrogens (tertiary/aromatic N) is 2. The molecule has 1 amide bonds. The molecule has 9 nitrogen and oxygen atoms in total. The van der Waals surface area contributed by atoms with E-state index in [-0.39, 0.29) is 16.3 Å². The van der Waals surface area contributed by atoms with Gasteiger partial charge in [-0.05, 0) is 36.4 Å². The van der Waals surface area contributed by atoms with Gasteiger partial charge in [-0.25, -0.2) is 13.2 Å². The molecule has 0 atom stereocenters. The lowest BCUT2D eigenvalue weighted by Crippen LogP contribution is -2.27. The number of hydrogen-bond acceptors (Lipinski definition) is 7. The molecule has 0 aliphatic heterocycles. The van der Waals surface area contributed by atoms with Crippen LogP contribution in [0.25, 0.3) is 0 Å². The molecule has 3 rings (SSSR count). The zero-order valence-electron chi connectivity index (χ0n) is 15.6. The molecule has 1 heterocycles. The van der Waals surface area contributed by atoms with Gasteiger partial charge in [0.05, 0.1) is 16.1 Å². The minimum atomic E-state index is -3.96. The maximum Gasteiger partial charge on any atom is 0.338 e. The Morgan fingerprint density at radius 2 is 1.93 bits per heavy atom. The van der Waals surface area contributed by atoms with E-state index in [1.165, 1.54) is 49.7 Å². The van der Waals surface area contributed by atoms with Crippen molar-refractivity contribution in [2.24, 2.45) is 0 Å².